The lowest BCUT2D eigenvalue weighted by atomic mass is 9.72. The van der Waals surface area contributed by atoms with Gasteiger partial charge in [0, 0.05) is 6.04 Å². The Labute approximate surface area is 122 Å². The van der Waals surface area contributed by atoms with Crippen LogP contribution in [0.15, 0.2) is 18.2 Å². The van der Waals surface area contributed by atoms with E-state index >= 15 is 0 Å². The highest BCUT2D eigenvalue weighted by atomic mass is 16.5. The molecule has 0 bridgehead atoms. The lowest BCUT2D eigenvalue weighted by molar-refractivity contribution is 0.176. The van der Waals surface area contributed by atoms with E-state index in [2.05, 4.69) is 37.5 Å². The third kappa shape index (κ3) is 3.15. The van der Waals surface area contributed by atoms with Crippen molar-refractivity contribution in [1.29, 1.82) is 0 Å². The van der Waals surface area contributed by atoms with Crippen molar-refractivity contribution in [3.63, 3.8) is 0 Å². The fraction of sp³-hybridized carbons (Fsp3) is 0.647. The number of nitrogens with two attached hydrogens (primary N) is 1. The molecule has 1 aliphatic carbocycles. The second-order valence-corrected chi connectivity index (χ2v) is 5.99. The van der Waals surface area contributed by atoms with Gasteiger partial charge in [0.05, 0.1) is 7.11 Å². The average Bonchev–Trinajstić information content (AvgIpc) is 2.49. The van der Waals surface area contributed by atoms with E-state index in [0.717, 1.165) is 11.7 Å². The summed E-state index contributed by atoms with van der Waals surface area (Å²) in [4.78, 5) is 0. The van der Waals surface area contributed by atoms with Crippen molar-refractivity contribution in [2.24, 2.45) is 17.7 Å². The quantitative estimate of drug-likeness (QED) is 0.636. The van der Waals surface area contributed by atoms with Crippen molar-refractivity contribution < 1.29 is 4.74 Å². The number of methoxy groups -OCH3 is 1. The molecule has 3 nitrogen and oxygen atoms in total. The van der Waals surface area contributed by atoms with Gasteiger partial charge in [0.25, 0.3) is 0 Å². The predicted molar refractivity (Wildman–Crippen MR) is 83.5 cm³/mol. The largest absolute Gasteiger partial charge is 0.496 e. The Kier molecular flexibility index (Phi) is 5.44. The molecule has 0 aliphatic heterocycles. The van der Waals surface area contributed by atoms with E-state index < -0.39 is 0 Å². The maximum atomic E-state index is 5.89. The predicted octanol–water partition coefficient (Wildman–Crippen LogP) is 3.72. The van der Waals surface area contributed by atoms with E-state index in [-0.39, 0.29) is 6.04 Å². The number of hydrazine groups is 1. The Morgan fingerprint density at radius 2 is 2.10 bits per heavy atom. The molecule has 1 aromatic rings. The van der Waals surface area contributed by atoms with Crippen LogP contribution in [0.2, 0.25) is 0 Å². The van der Waals surface area contributed by atoms with Gasteiger partial charge in [0.2, 0.25) is 0 Å². The molecule has 0 saturated heterocycles. The number of hydrogen-bond donors (Lipinski definition) is 2. The molecule has 1 saturated carbocycles. The molecule has 2 rings (SSSR count). The number of rotatable bonds is 5. The van der Waals surface area contributed by atoms with Crippen molar-refractivity contribution >= 4 is 0 Å². The van der Waals surface area contributed by atoms with Gasteiger partial charge in [-0.1, -0.05) is 44.7 Å². The minimum absolute atomic E-state index is 0.254. The maximum absolute atomic E-state index is 5.89. The van der Waals surface area contributed by atoms with Crippen molar-refractivity contribution in [2.45, 2.75) is 52.0 Å². The van der Waals surface area contributed by atoms with E-state index in [1.54, 1.807) is 7.11 Å². The molecule has 1 aliphatic rings. The van der Waals surface area contributed by atoms with Gasteiger partial charge < -0.3 is 4.74 Å². The molecule has 0 aromatic heterocycles. The van der Waals surface area contributed by atoms with Gasteiger partial charge >= 0.3 is 0 Å². The zero-order valence-corrected chi connectivity index (χ0v) is 13.0. The first-order valence-electron chi connectivity index (χ1n) is 7.81. The Morgan fingerprint density at radius 3 is 2.70 bits per heavy atom. The summed E-state index contributed by atoms with van der Waals surface area (Å²) in [5.41, 5.74) is 5.54. The zero-order chi connectivity index (χ0) is 14.5. The summed E-state index contributed by atoms with van der Waals surface area (Å²) in [5, 5.41) is 0. The number of nitrogens with one attached hydrogen (secondary N) is 1. The molecule has 0 heterocycles. The first-order valence-corrected chi connectivity index (χ1v) is 7.81. The molecule has 3 N–H and O–H groups in total. The second-order valence-electron chi connectivity index (χ2n) is 5.99. The lowest BCUT2D eigenvalue weighted by Gasteiger charge is -2.37. The summed E-state index contributed by atoms with van der Waals surface area (Å²) in [6.07, 6.45) is 6.56. The van der Waals surface area contributed by atoms with Gasteiger partial charge in [-0.3, -0.25) is 11.3 Å². The SMILES string of the molecule is CCC1CCCCC1C(NN)c1ccc(OC)c(C)c1. The van der Waals surface area contributed by atoms with Crippen molar-refractivity contribution in [3.8, 4) is 5.75 Å². The lowest BCUT2D eigenvalue weighted by Crippen LogP contribution is -2.38. The topological polar surface area (TPSA) is 47.3 Å². The summed E-state index contributed by atoms with van der Waals surface area (Å²) >= 11 is 0. The second kappa shape index (κ2) is 7.09. The van der Waals surface area contributed by atoms with Crippen LogP contribution in [0.25, 0.3) is 0 Å². The van der Waals surface area contributed by atoms with Gasteiger partial charge in [-0.25, -0.2) is 0 Å². The smallest absolute Gasteiger partial charge is 0.121 e. The van der Waals surface area contributed by atoms with E-state index in [1.165, 1.54) is 43.2 Å². The monoisotopic (exact) mass is 276 g/mol. The highest BCUT2D eigenvalue weighted by Crippen LogP contribution is 2.40. The van der Waals surface area contributed by atoms with Gasteiger partial charge in [-0.2, -0.15) is 0 Å². The first-order chi connectivity index (χ1) is 9.71. The van der Waals surface area contributed by atoms with Crippen LogP contribution in [0.3, 0.4) is 0 Å². The molecule has 3 atom stereocenters. The minimum atomic E-state index is 0.254. The van der Waals surface area contributed by atoms with Crippen LogP contribution in [0.5, 0.6) is 5.75 Å². The number of ether oxygens (including phenoxy) is 1. The normalized spacial score (nSPS) is 24.4. The van der Waals surface area contributed by atoms with Crippen LogP contribution in [0.1, 0.15) is 56.2 Å². The van der Waals surface area contributed by atoms with Crippen LogP contribution >= 0.6 is 0 Å². The van der Waals surface area contributed by atoms with E-state index in [0.29, 0.717) is 5.92 Å². The first kappa shape index (κ1) is 15.3. The number of hydrogen-bond acceptors (Lipinski definition) is 3. The van der Waals surface area contributed by atoms with Gasteiger partial charge in [-0.05, 0) is 42.4 Å². The van der Waals surface area contributed by atoms with E-state index in [9.17, 15) is 0 Å². The Morgan fingerprint density at radius 1 is 1.35 bits per heavy atom. The van der Waals surface area contributed by atoms with Gasteiger partial charge in [-0.15, -0.1) is 0 Å². The summed E-state index contributed by atoms with van der Waals surface area (Å²) in [6.45, 7) is 4.39. The molecular formula is C17H28N2O. The molecule has 0 amide bonds. The highest BCUT2D eigenvalue weighted by molar-refractivity contribution is 5.37. The average molecular weight is 276 g/mol. The van der Waals surface area contributed by atoms with Crippen LogP contribution in [-0.4, -0.2) is 7.11 Å². The summed E-state index contributed by atoms with van der Waals surface area (Å²) in [7, 11) is 1.72. The highest BCUT2D eigenvalue weighted by Gasteiger charge is 2.31. The molecule has 1 fully saturated rings. The minimum Gasteiger partial charge on any atom is -0.496 e. The fourth-order valence-electron chi connectivity index (χ4n) is 3.74. The Hall–Kier alpha value is -1.06. The van der Waals surface area contributed by atoms with Crippen LogP contribution in [0, 0.1) is 18.8 Å². The molecule has 0 spiro atoms. The molecule has 0 radical (unpaired) electrons. The zero-order valence-electron chi connectivity index (χ0n) is 13.0. The third-order valence-electron chi connectivity index (χ3n) is 4.88. The molecular weight excluding hydrogens is 248 g/mol. The van der Waals surface area contributed by atoms with Gasteiger partial charge in [0.15, 0.2) is 0 Å². The summed E-state index contributed by atoms with van der Waals surface area (Å²) in [6, 6.07) is 6.67. The number of benzene rings is 1. The van der Waals surface area contributed by atoms with Gasteiger partial charge in [0.1, 0.15) is 5.75 Å². The maximum Gasteiger partial charge on any atom is 0.121 e. The molecule has 1 aromatic carbocycles. The summed E-state index contributed by atoms with van der Waals surface area (Å²) < 4.78 is 5.35. The van der Waals surface area contributed by atoms with Crippen LogP contribution in [0.4, 0.5) is 0 Å². The van der Waals surface area contributed by atoms with Crippen LogP contribution in [-0.2, 0) is 0 Å². The summed E-state index contributed by atoms with van der Waals surface area (Å²) in [5.74, 6) is 8.27. The van der Waals surface area contributed by atoms with E-state index in [4.69, 9.17) is 10.6 Å². The standard InChI is InChI=1S/C17H28N2O/c1-4-13-7-5-6-8-15(13)17(19-18)14-9-10-16(20-3)12(2)11-14/h9-11,13,15,17,19H,4-8,18H2,1-3H3. The van der Waals surface area contributed by atoms with Crippen molar-refractivity contribution in [1.82, 2.24) is 5.43 Å². The van der Waals surface area contributed by atoms with Crippen molar-refractivity contribution in [3.05, 3.63) is 29.3 Å². The Balaban J connectivity index is 2.24. The molecule has 20 heavy (non-hydrogen) atoms. The molecule has 3 heteroatoms. The molecule has 3 unspecified atom stereocenters. The fourth-order valence-corrected chi connectivity index (χ4v) is 3.74. The van der Waals surface area contributed by atoms with Crippen LogP contribution < -0.4 is 16.0 Å². The molecule has 112 valence electrons. The van der Waals surface area contributed by atoms with Crippen molar-refractivity contribution in [2.75, 3.05) is 7.11 Å². The Bertz CT molecular complexity index is 433. The third-order valence-corrected chi connectivity index (χ3v) is 4.88. The number of aryl methyl sites for hydroxylation is 1. The van der Waals surface area contributed by atoms with E-state index in [1.807, 2.05) is 0 Å².